The second-order valence-corrected chi connectivity index (χ2v) is 5.82. The lowest BCUT2D eigenvalue weighted by Crippen LogP contribution is -2.52. The van der Waals surface area contributed by atoms with Gasteiger partial charge in [0.2, 0.25) is 11.8 Å². The van der Waals surface area contributed by atoms with E-state index in [-0.39, 0.29) is 17.7 Å². The number of rotatable bonds is 2. The van der Waals surface area contributed by atoms with Gasteiger partial charge in [-0.3, -0.25) is 9.59 Å². The van der Waals surface area contributed by atoms with Gasteiger partial charge in [-0.2, -0.15) is 0 Å². The van der Waals surface area contributed by atoms with E-state index in [1.807, 2.05) is 4.90 Å². The Labute approximate surface area is 114 Å². The van der Waals surface area contributed by atoms with Crippen molar-refractivity contribution in [1.82, 2.24) is 9.80 Å². The molecule has 0 atom stereocenters. The van der Waals surface area contributed by atoms with Crippen LogP contribution < -0.4 is 0 Å². The number of hydrogen-bond acceptors (Lipinski definition) is 3. The van der Waals surface area contributed by atoms with Crippen LogP contribution in [0.2, 0.25) is 0 Å². The van der Waals surface area contributed by atoms with Gasteiger partial charge in [0.1, 0.15) is 6.61 Å². The van der Waals surface area contributed by atoms with Gasteiger partial charge in [-0.15, -0.1) is 0 Å². The summed E-state index contributed by atoms with van der Waals surface area (Å²) in [5, 5.41) is 8.82. The second-order valence-electron chi connectivity index (χ2n) is 5.82. The summed E-state index contributed by atoms with van der Waals surface area (Å²) in [7, 11) is 0. The summed E-state index contributed by atoms with van der Waals surface area (Å²) in [6, 6.07) is 0. The SMILES string of the molecule is CC1CCC(C(=O)N2CCN(C(=O)CO)CC2)CC1. The minimum atomic E-state index is -0.436. The zero-order chi connectivity index (χ0) is 13.8. The van der Waals surface area contributed by atoms with Crippen LogP contribution in [0.1, 0.15) is 32.6 Å². The van der Waals surface area contributed by atoms with Gasteiger partial charge in [-0.1, -0.05) is 6.92 Å². The molecule has 1 N–H and O–H groups in total. The highest BCUT2D eigenvalue weighted by atomic mass is 16.3. The number of hydrogen-bond donors (Lipinski definition) is 1. The first-order valence-corrected chi connectivity index (χ1v) is 7.29. The first kappa shape index (κ1) is 14.3. The molecule has 0 aromatic heterocycles. The number of carbonyl (C=O) groups is 2. The topological polar surface area (TPSA) is 60.9 Å². The summed E-state index contributed by atoms with van der Waals surface area (Å²) in [5.41, 5.74) is 0. The molecule has 1 saturated heterocycles. The molecule has 2 rings (SSSR count). The molecule has 0 aromatic rings. The summed E-state index contributed by atoms with van der Waals surface area (Å²) in [5.74, 6) is 0.973. The van der Waals surface area contributed by atoms with Crippen LogP contribution in [0.4, 0.5) is 0 Å². The molecule has 0 radical (unpaired) electrons. The van der Waals surface area contributed by atoms with E-state index >= 15 is 0 Å². The molecule has 2 aliphatic rings. The molecule has 1 aliphatic heterocycles. The predicted molar refractivity (Wildman–Crippen MR) is 71.4 cm³/mol. The molecule has 5 nitrogen and oxygen atoms in total. The maximum Gasteiger partial charge on any atom is 0.248 e. The predicted octanol–water partition coefficient (Wildman–Crippen LogP) is 0.476. The Bertz CT molecular complexity index is 330. The van der Waals surface area contributed by atoms with Crippen molar-refractivity contribution in [3.63, 3.8) is 0 Å². The van der Waals surface area contributed by atoms with Gasteiger partial charge in [0.05, 0.1) is 0 Å². The quantitative estimate of drug-likeness (QED) is 0.792. The second kappa shape index (κ2) is 6.37. The zero-order valence-corrected chi connectivity index (χ0v) is 11.7. The Morgan fingerprint density at radius 3 is 2.05 bits per heavy atom. The van der Waals surface area contributed by atoms with Crippen molar-refractivity contribution in [2.24, 2.45) is 11.8 Å². The van der Waals surface area contributed by atoms with Crippen molar-refractivity contribution in [1.29, 1.82) is 0 Å². The van der Waals surface area contributed by atoms with Gasteiger partial charge in [-0.05, 0) is 31.6 Å². The number of amides is 2. The van der Waals surface area contributed by atoms with E-state index in [0.29, 0.717) is 26.2 Å². The number of nitrogens with zero attached hydrogens (tertiary/aromatic N) is 2. The van der Waals surface area contributed by atoms with Crippen LogP contribution in [0, 0.1) is 11.8 Å². The van der Waals surface area contributed by atoms with Gasteiger partial charge < -0.3 is 14.9 Å². The van der Waals surface area contributed by atoms with E-state index in [4.69, 9.17) is 5.11 Å². The smallest absolute Gasteiger partial charge is 0.248 e. The van der Waals surface area contributed by atoms with Crippen LogP contribution in [-0.4, -0.2) is 59.5 Å². The molecule has 0 spiro atoms. The molecule has 0 unspecified atom stereocenters. The molecule has 1 aliphatic carbocycles. The molecule has 0 aromatic carbocycles. The van der Waals surface area contributed by atoms with Crippen molar-refractivity contribution in [3.8, 4) is 0 Å². The van der Waals surface area contributed by atoms with Gasteiger partial charge in [-0.25, -0.2) is 0 Å². The maximum absolute atomic E-state index is 12.4. The molecule has 1 heterocycles. The van der Waals surface area contributed by atoms with Crippen LogP contribution in [0.3, 0.4) is 0 Å². The van der Waals surface area contributed by atoms with Crippen LogP contribution in [0.5, 0.6) is 0 Å². The summed E-state index contributed by atoms with van der Waals surface area (Å²) < 4.78 is 0. The highest BCUT2D eigenvalue weighted by molar-refractivity contribution is 5.80. The number of aliphatic hydroxyl groups is 1. The fourth-order valence-corrected chi connectivity index (χ4v) is 3.04. The van der Waals surface area contributed by atoms with Crippen molar-refractivity contribution < 1.29 is 14.7 Å². The Kier molecular flexibility index (Phi) is 4.80. The Balaban J connectivity index is 1.81. The number of carbonyl (C=O) groups excluding carboxylic acids is 2. The Morgan fingerprint density at radius 2 is 1.53 bits per heavy atom. The molecule has 0 bridgehead atoms. The monoisotopic (exact) mass is 268 g/mol. The first-order chi connectivity index (χ1) is 9.11. The van der Waals surface area contributed by atoms with E-state index in [2.05, 4.69) is 6.92 Å². The van der Waals surface area contributed by atoms with Crippen molar-refractivity contribution >= 4 is 11.8 Å². The number of aliphatic hydroxyl groups excluding tert-OH is 1. The van der Waals surface area contributed by atoms with Gasteiger partial charge in [0.15, 0.2) is 0 Å². The Hall–Kier alpha value is -1.10. The van der Waals surface area contributed by atoms with Gasteiger partial charge >= 0.3 is 0 Å². The molecule has 2 fully saturated rings. The summed E-state index contributed by atoms with van der Waals surface area (Å²) >= 11 is 0. The van der Waals surface area contributed by atoms with Crippen LogP contribution >= 0.6 is 0 Å². The van der Waals surface area contributed by atoms with Crippen molar-refractivity contribution in [2.75, 3.05) is 32.8 Å². The zero-order valence-electron chi connectivity index (χ0n) is 11.7. The first-order valence-electron chi connectivity index (χ1n) is 7.29. The highest BCUT2D eigenvalue weighted by Crippen LogP contribution is 2.29. The summed E-state index contributed by atoms with van der Waals surface area (Å²) in [6.45, 7) is 4.13. The summed E-state index contributed by atoms with van der Waals surface area (Å²) in [4.78, 5) is 27.3. The normalized spacial score (nSPS) is 28.3. The van der Waals surface area contributed by atoms with Crippen LogP contribution in [0.15, 0.2) is 0 Å². The van der Waals surface area contributed by atoms with Gasteiger partial charge in [0, 0.05) is 32.1 Å². The molecular formula is C14H24N2O3. The largest absolute Gasteiger partial charge is 0.387 e. The van der Waals surface area contributed by atoms with E-state index in [0.717, 1.165) is 31.6 Å². The average Bonchev–Trinajstić information content (AvgIpc) is 2.46. The maximum atomic E-state index is 12.4. The average molecular weight is 268 g/mol. The third-order valence-corrected chi connectivity index (χ3v) is 4.44. The van der Waals surface area contributed by atoms with Crippen LogP contribution in [-0.2, 0) is 9.59 Å². The summed E-state index contributed by atoms with van der Waals surface area (Å²) in [6.07, 6.45) is 4.32. The van der Waals surface area contributed by atoms with E-state index in [9.17, 15) is 9.59 Å². The van der Waals surface area contributed by atoms with E-state index < -0.39 is 6.61 Å². The van der Waals surface area contributed by atoms with Crippen LogP contribution in [0.25, 0.3) is 0 Å². The van der Waals surface area contributed by atoms with Crippen molar-refractivity contribution in [2.45, 2.75) is 32.6 Å². The van der Waals surface area contributed by atoms with Gasteiger partial charge in [0.25, 0.3) is 0 Å². The minimum Gasteiger partial charge on any atom is -0.387 e. The molecule has 5 heteroatoms. The molecular weight excluding hydrogens is 244 g/mol. The highest BCUT2D eigenvalue weighted by Gasteiger charge is 2.30. The third kappa shape index (κ3) is 3.47. The lowest BCUT2D eigenvalue weighted by molar-refractivity contribution is -0.144. The fraction of sp³-hybridized carbons (Fsp3) is 0.857. The Morgan fingerprint density at radius 1 is 1.00 bits per heavy atom. The molecule has 19 heavy (non-hydrogen) atoms. The third-order valence-electron chi connectivity index (χ3n) is 4.44. The standard InChI is InChI=1S/C14H24N2O3/c1-11-2-4-12(5-3-11)14(19)16-8-6-15(7-9-16)13(18)10-17/h11-12,17H,2-10H2,1H3. The van der Waals surface area contributed by atoms with Crippen molar-refractivity contribution in [3.05, 3.63) is 0 Å². The fourth-order valence-electron chi connectivity index (χ4n) is 3.04. The molecule has 2 amide bonds. The lowest BCUT2D eigenvalue weighted by atomic mass is 9.82. The number of piperazine rings is 1. The van der Waals surface area contributed by atoms with E-state index in [1.165, 1.54) is 0 Å². The molecule has 1 saturated carbocycles. The lowest BCUT2D eigenvalue weighted by Gasteiger charge is -2.37. The minimum absolute atomic E-state index is 0.191. The van der Waals surface area contributed by atoms with E-state index in [1.54, 1.807) is 4.90 Å². The molecule has 108 valence electrons.